The fourth-order valence-corrected chi connectivity index (χ4v) is 1.56. The second-order valence-corrected chi connectivity index (χ2v) is 3.39. The quantitative estimate of drug-likeness (QED) is 0.644. The van der Waals surface area contributed by atoms with E-state index in [0.29, 0.717) is 19.0 Å². The fraction of sp³-hybridized carbons (Fsp3) is 0.700. The third kappa shape index (κ3) is 2.56. The summed E-state index contributed by atoms with van der Waals surface area (Å²) >= 11 is 0. The van der Waals surface area contributed by atoms with E-state index in [4.69, 9.17) is 5.11 Å². The largest absolute Gasteiger partial charge is 0.395 e. The van der Waals surface area contributed by atoms with Gasteiger partial charge in [-0.3, -0.25) is 4.79 Å². The van der Waals surface area contributed by atoms with Crippen LogP contribution in [0.4, 0.5) is 0 Å². The molecule has 0 unspecified atom stereocenters. The lowest BCUT2D eigenvalue weighted by Gasteiger charge is -2.37. The fourth-order valence-electron chi connectivity index (χ4n) is 1.56. The van der Waals surface area contributed by atoms with Gasteiger partial charge in [-0.25, -0.2) is 0 Å². The molecule has 0 atom stereocenters. The first-order chi connectivity index (χ1) is 6.29. The van der Waals surface area contributed by atoms with E-state index in [9.17, 15) is 4.79 Å². The number of carbonyl (C=O) groups is 1. The molecule has 0 aromatic rings. The second-order valence-electron chi connectivity index (χ2n) is 3.39. The molecule has 74 valence electrons. The Morgan fingerprint density at radius 1 is 1.62 bits per heavy atom. The van der Waals surface area contributed by atoms with Gasteiger partial charge in [-0.05, 0) is 19.3 Å². The van der Waals surface area contributed by atoms with Gasteiger partial charge in [-0.2, -0.15) is 0 Å². The van der Waals surface area contributed by atoms with Gasteiger partial charge in [0, 0.05) is 19.0 Å². The van der Waals surface area contributed by atoms with E-state index in [1.54, 1.807) is 11.0 Å². The zero-order valence-corrected chi connectivity index (χ0v) is 7.91. The highest BCUT2D eigenvalue weighted by Crippen LogP contribution is 2.24. The minimum absolute atomic E-state index is 0.0549. The number of aliphatic hydroxyl groups excluding tert-OH is 1. The topological polar surface area (TPSA) is 40.5 Å². The molecule has 1 aliphatic rings. The number of hydrogen-bond acceptors (Lipinski definition) is 2. The first kappa shape index (κ1) is 10.3. The van der Waals surface area contributed by atoms with E-state index >= 15 is 0 Å². The van der Waals surface area contributed by atoms with Crippen LogP contribution >= 0.6 is 0 Å². The van der Waals surface area contributed by atoms with Crippen LogP contribution in [-0.4, -0.2) is 35.1 Å². The van der Waals surface area contributed by atoms with Crippen molar-refractivity contribution in [2.75, 3.05) is 13.2 Å². The van der Waals surface area contributed by atoms with E-state index in [-0.39, 0.29) is 12.5 Å². The van der Waals surface area contributed by atoms with E-state index in [1.165, 1.54) is 6.42 Å². The number of aliphatic hydroxyl groups is 1. The Morgan fingerprint density at radius 3 is 2.69 bits per heavy atom. The van der Waals surface area contributed by atoms with Crippen LogP contribution in [0.2, 0.25) is 0 Å². The monoisotopic (exact) mass is 183 g/mol. The van der Waals surface area contributed by atoms with Crippen molar-refractivity contribution in [1.29, 1.82) is 0 Å². The molecule has 0 aromatic heterocycles. The highest BCUT2D eigenvalue weighted by Gasteiger charge is 2.27. The third-order valence-corrected chi connectivity index (χ3v) is 2.50. The van der Waals surface area contributed by atoms with Gasteiger partial charge in [-0.15, -0.1) is 6.58 Å². The molecule has 1 rings (SSSR count). The Balaban J connectivity index is 2.44. The molecule has 0 heterocycles. The normalized spacial score (nSPS) is 16.4. The molecule has 1 N–H and O–H groups in total. The van der Waals surface area contributed by atoms with Crippen LogP contribution in [0, 0.1) is 0 Å². The molecule has 0 spiro atoms. The smallest absolute Gasteiger partial charge is 0.226 e. The Hall–Kier alpha value is -0.830. The summed E-state index contributed by atoms with van der Waals surface area (Å²) < 4.78 is 0. The van der Waals surface area contributed by atoms with Gasteiger partial charge < -0.3 is 10.0 Å². The van der Waals surface area contributed by atoms with Crippen molar-refractivity contribution in [2.45, 2.75) is 31.7 Å². The van der Waals surface area contributed by atoms with Gasteiger partial charge >= 0.3 is 0 Å². The Morgan fingerprint density at radius 2 is 2.31 bits per heavy atom. The lowest BCUT2D eigenvalue weighted by Crippen LogP contribution is -2.45. The summed E-state index contributed by atoms with van der Waals surface area (Å²) in [5, 5.41) is 8.80. The molecule has 13 heavy (non-hydrogen) atoms. The summed E-state index contributed by atoms with van der Waals surface area (Å²) in [6.07, 6.45) is 5.38. The molecule has 3 heteroatoms. The number of carbonyl (C=O) groups excluding carboxylic acids is 1. The van der Waals surface area contributed by atoms with Crippen molar-refractivity contribution in [3.05, 3.63) is 12.7 Å². The summed E-state index contributed by atoms with van der Waals surface area (Å²) in [6, 6.07) is 0.375. The van der Waals surface area contributed by atoms with E-state index < -0.39 is 0 Å². The number of nitrogens with zero attached hydrogens (tertiary/aromatic N) is 1. The Kier molecular flexibility index (Phi) is 3.96. The van der Waals surface area contributed by atoms with E-state index in [0.717, 1.165) is 12.8 Å². The molecule has 1 amide bonds. The lowest BCUT2D eigenvalue weighted by molar-refractivity contribution is -0.134. The minimum Gasteiger partial charge on any atom is -0.395 e. The predicted molar refractivity (Wildman–Crippen MR) is 51.3 cm³/mol. The van der Waals surface area contributed by atoms with Crippen LogP contribution in [0.15, 0.2) is 12.7 Å². The van der Waals surface area contributed by atoms with Crippen molar-refractivity contribution >= 4 is 5.91 Å². The molecule has 0 radical (unpaired) electrons. The van der Waals surface area contributed by atoms with E-state index in [1.807, 2.05) is 0 Å². The Labute approximate surface area is 79.0 Å². The summed E-state index contributed by atoms with van der Waals surface area (Å²) in [6.45, 7) is 4.06. The van der Waals surface area contributed by atoms with E-state index in [2.05, 4.69) is 6.58 Å². The predicted octanol–water partition coefficient (Wildman–Crippen LogP) is 0.936. The zero-order chi connectivity index (χ0) is 9.68. The van der Waals surface area contributed by atoms with Crippen molar-refractivity contribution in [3.8, 4) is 0 Å². The standard InChI is InChI=1S/C10H17NO2/c1-2-4-10(13)11(7-8-12)9-5-3-6-9/h2,9,12H,1,3-8H2. The highest BCUT2D eigenvalue weighted by atomic mass is 16.3. The maximum absolute atomic E-state index is 11.5. The van der Waals surface area contributed by atoms with Crippen molar-refractivity contribution < 1.29 is 9.90 Å². The zero-order valence-electron chi connectivity index (χ0n) is 7.91. The van der Waals surface area contributed by atoms with Crippen molar-refractivity contribution in [2.24, 2.45) is 0 Å². The number of rotatable bonds is 5. The molecule has 0 saturated heterocycles. The van der Waals surface area contributed by atoms with Gasteiger partial charge in [0.05, 0.1) is 6.61 Å². The Bertz CT molecular complexity index is 187. The average Bonchev–Trinajstić information content (AvgIpc) is 2.01. The maximum Gasteiger partial charge on any atom is 0.226 e. The molecule has 1 aliphatic carbocycles. The highest BCUT2D eigenvalue weighted by molar-refractivity contribution is 5.78. The van der Waals surface area contributed by atoms with Crippen LogP contribution in [-0.2, 0) is 4.79 Å². The summed E-state index contributed by atoms with van der Waals surface area (Å²) in [4.78, 5) is 13.3. The van der Waals surface area contributed by atoms with Crippen LogP contribution in [0.3, 0.4) is 0 Å². The number of hydrogen-bond donors (Lipinski definition) is 1. The molecule has 1 saturated carbocycles. The van der Waals surface area contributed by atoms with Gasteiger partial charge in [-0.1, -0.05) is 6.08 Å². The molecular formula is C10H17NO2. The first-order valence-electron chi connectivity index (χ1n) is 4.80. The SMILES string of the molecule is C=CCC(=O)N(CCO)C1CCC1. The molecular weight excluding hydrogens is 166 g/mol. The maximum atomic E-state index is 11.5. The van der Waals surface area contributed by atoms with Crippen molar-refractivity contribution in [3.63, 3.8) is 0 Å². The molecule has 0 aromatic carbocycles. The van der Waals surface area contributed by atoms with Crippen molar-refractivity contribution in [1.82, 2.24) is 4.90 Å². The van der Waals surface area contributed by atoms with Gasteiger partial charge in [0.2, 0.25) is 5.91 Å². The lowest BCUT2D eigenvalue weighted by atomic mass is 9.91. The second kappa shape index (κ2) is 5.02. The van der Waals surface area contributed by atoms with Crippen LogP contribution in [0.25, 0.3) is 0 Å². The van der Waals surface area contributed by atoms with Gasteiger partial charge in [0.1, 0.15) is 0 Å². The molecule has 0 bridgehead atoms. The van der Waals surface area contributed by atoms with Crippen LogP contribution in [0.1, 0.15) is 25.7 Å². The first-order valence-corrected chi connectivity index (χ1v) is 4.80. The molecule has 3 nitrogen and oxygen atoms in total. The summed E-state index contributed by atoms with van der Waals surface area (Å²) in [7, 11) is 0. The number of amides is 1. The van der Waals surface area contributed by atoms with Gasteiger partial charge in [0.15, 0.2) is 0 Å². The van der Waals surface area contributed by atoms with Crippen LogP contribution < -0.4 is 0 Å². The third-order valence-electron chi connectivity index (χ3n) is 2.50. The van der Waals surface area contributed by atoms with Crippen LogP contribution in [0.5, 0.6) is 0 Å². The van der Waals surface area contributed by atoms with Gasteiger partial charge in [0.25, 0.3) is 0 Å². The molecule has 1 fully saturated rings. The molecule has 0 aliphatic heterocycles. The summed E-state index contributed by atoms with van der Waals surface area (Å²) in [5.74, 6) is 0.0914. The minimum atomic E-state index is 0.0549. The summed E-state index contributed by atoms with van der Waals surface area (Å²) in [5.41, 5.74) is 0. The average molecular weight is 183 g/mol.